The highest BCUT2D eigenvalue weighted by Gasteiger charge is 1.97. The summed E-state index contributed by atoms with van der Waals surface area (Å²) in [7, 11) is 1.64. The predicted octanol–water partition coefficient (Wildman–Crippen LogP) is 2.73. The molecule has 0 amide bonds. The average molecular weight is 275 g/mol. The molecule has 0 unspecified atom stereocenters. The monoisotopic (exact) mass is 275 g/mol. The van der Waals surface area contributed by atoms with Gasteiger partial charge < -0.3 is 15.8 Å². The molecule has 0 fully saturated rings. The molecule has 19 heavy (non-hydrogen) atoms. The van der Waals surface area contributed by atoms with Crippen molar-refractivity contribution >= 4 is 23.0 Å². The number of hydrogen-bond donors (Lipinski definition) is 2. The maximum absolute atomic E-state index is 5.83. The first-order valence-corrected chi connectivity index (χ1v) is 6.89. The van der Waals surface area contributed by atoms with Gasteiger partial charge in [-0.1, -0.05) is 6.07 Å². The SMILES string of the molecule is COc1ccc(NC(N)=NCCc2cccs2)cc1. The number of ether oxygens (including phenoxy) is 1. The zero-order chi connectivity index (χ0) is 13.5. The molecule has 0 bridgehead atoms. The second-order valence-corrected chi connectivity index (χ2v) is 4.98. The number of methoxy groups -OCH3 is 1. The Bertz CT molecular complexity index is 520. The van der Waals surface area contributed by atoms with E-state index in [9.17, 15) is 0 Å². The van der Waals surface area contributed by atoms with E-state index in [4.69, 9.17) is 10.5 Å². The molecule has 2 aromatic rings. The van der Waals surface area contributed by atoms with Gasteiger partial charge in [-0.05, 0) is 35.7 Å². The van der Waals surface area contributed by atoms with E-state index in [1.807, 2.05) is 30.3 Å². The van der Waals surface area contributed by atoms with Gasteiger partial charge in [0.05, 0.1) is 7.11 Å². The van der Waals surface area contributed by atoms with Gasteiger partial charge in [0.25, 0.3) is 0 Å². The van der Waals surface area contributed by atoms with Crippen LogP contribution in [0.2, 0.25) is 0 Å². The number of guanidine groups is 1. The summed E-state index contributed by atoms with van der Waals surface area (Å²) in [5, 5.41) is 5.12. The highest BCUT2D eigenvalue weighted by molar-refractivity contribution is 7.09. The van der Waals surface area contributed by atoms with Crippen LogP contribution in [0, 0.1) is 0 Å². The van der Waals surface area contributed by atoms with E-state index in [1.54, 1.807) is 18.4 Å². The smallest absolute Gasteiger partial charge is 0.193 e. The molecule has 5 heteroatoms. The van der Waals surface area contributed by atoms with Gasteiger partial charge in [0.1, 0.15) is 5.75 Å². The van der Waals surface area contributed by atoms with Gasteiger partial charge in [-0.25, -0.2) is 0 Å². The Morgan fingerprint density at radius 1 is 1.32 bits per heavy atom. The lowest BCUT2D eigenvalue weighted by atomic mass is 10.3. The number of thiophene rings is 1. The van der Waals surface area contributed by atoms with Crippen LogP contribution in [0.4, 0.5) is 5.69 Å². The van der Waals surface area contributed by atoms with Crippen LogP contribution in [0.3, 0.4) is 0 Å². The number of nitrogens with two attached hydrogens (primary N) is 1. The zero-order valence-electron chi connectivity index (χ0n) is 10.8. The van der Waals surface area contributed by atoms with Crippen LogP contribution in [-0.4, -0.2) is 19.6 Å². The summed E-state index contributed by atoms with van der Waals surface area (Å²) in [6.45, 7) is 0.690. The molecule has 0 saturated heterocycles. The van der Waals surface area contributed by atoms with E-state index in [1.165, 1.54) is 4.88 Å². The Morgan fingerprint density at radius 3 is 2.74 bits per heavy atom. The van der Waals surface area contributed by atoms with E-state index >= 15 is 0 Å². The Kier molecular flexibility index (Phi) is 4.80. The fraction of sp³-hybridized carbons (Fsp3) is 0.214. The first-order valence-electron chi connectivity index (χ1n) is 6.01. The van der Waals surface area contributed by atoms with Crippen molar-refractivity contribution in [2.75, 3.05) is 19.0 Å². The van der Waals surface area contributed by atoms with Crippen LogP contribution < -0.4 is 15.8 Å². The van der Waals surface area contributed by atoms with E-state index < -0.39 is 0 Å². The first-order chi connectivity index (χ1) is 9.28. The van der Waals surface area contributed by atoms with Crippen LogP contribution in [0.15, 0.2) is 46.8 Å². The standard InChI is InChI=1S/C14H17N3OS/c1-18-12-6-4-11(5-7-12)17-14(15)16-9-8-13-3-2-10-19-13/h2-7,10H,8-9H2,1H3,(H3,15,16,17). The van der Waals surface area contributed by atoms with Crippen molar-refractivity contribution in [1.82, 2.24) is 0 Å². The van der Waals surface area contributed by atoms with Crippen molar-refractivity contribution in [3.8, 4) is 5.75 Å². The summed E-state index contributed by atoms with van der Waals surface area (Å²) in [6, 6.07) is 11.7. The number of aliphatic imine (C=N–C) groups is 1. The molecule has 1 aromatic heterocycles. The topological polar surface area (TPSA) is 59.6 Å². The van der Waals surface area contributed by atoms with E-state index in [0.717, 1.165) is 17.9 Å². The number of benzene rings is 1. The molecule has 0 aliphatic carbocycles. The number of anilines is 1. The highest BCUT2D eigenvalue weighted by atomic mass is 32.1. The quantitative estimate of drug-likeness (QED) is 0.651. The molecular weight excluding hydrogens is 258 g/mol. The van der Waals surface area contributed by atoms with E-state index in [-0.39, 0.29) is 0 Å². The summed E-state index contributed by atoms with van der Waals surface area (Å²) in [6.07, 6.45) is 0.919. The van der Waals surface area contributed by atoms with Crippen molar-refractivity contribution in [1.29, 1.82) is 0 Å². The lowest BCUT2D eigenvalue weighted by Crippen LogP contribution is -2.23. The molecular formula is C14H17N3OS. The second-order valence-electron chi connectivity index (χ2n) is 3.95. The summed E-state index contributed by atoms with van der Waals surface area (Å²) in [5.74, 6) is 1.25. The fourth-order valence-electron chi connectivity index (χ4n) is 1.60. The van der Waals surface area contributed by atoms with Crippen molar-refractivity contribution in [3.05, 3.63) is 46.7 Å². The Balaban J connectivity index is 1.83. The molecule has 0 aliphatic rings. The third kappa shape index (κ3) is 4.30. The maximum Gasteiger partial charge on any atom is 0.193 e. The Labute approximate surface area is 116 Å². The molecule has 0 saturated carbocycles. The lowest BCUT2D eigenvalue weighted by Gasteiger charge is -2.06. The van der Waals surface area contributed by atoms with Crippen LogP contribution >= 0.6 is 11.3 Å². The van der Waals surface area contributed by atoms with E-state index in [2.05, 4.69) is 21.8 Å². The number of hydrogen-bond acceptors (Lipinski definition) is 3. The van der Waals surface area contributed by atoms with Crippen LogP contribution in [0.1, 0.15) is 4.88 Å². The molecule has 4 nitrogen and oxygen atoms in total. The maximum atomic E-state index is 5.83. The molecule has 0 aliphatic heterocycles. The average Bonchev–Trinajstić information content (AvgIpc) is 2.93. The van der Waals surface area contributed by atoms with Gasteiger partial charge in [-0.15, -0.1) is 11.3 Å². The third-order valence-corrected chi connectivity index (χ3v) is 3.52. The summed E-state index contributed by atoms with van der Waals surface area (Å²) in [5.41, 5.74) is 6.73. The number of nitrogens with zero attached hydrogens (tertiary/aromatic N) is 1. The van der Waals surface area contributed by atoms with E-state index in [0.29, 0.717) is 12.5 Å². The third-order valence-electron chi connectivity index (χ3n) is 2.58. The molecule has 1 aromatic carbocycles. The largest absolute Gasteiger partial charge is 0.497 e. The predicted molar refractivity (Wildman–Crippen MR) is 81.1 cm³/mol. The molecule has 3 N–H and O–H groups in total. The molecule has 0 atom stereocenters. The normalized spacial score (nSPS) is 11.3. The summed E-state index contributed by atoms with van der Waals surface area (Å²) in [4.78, 5) is 5.62. The van der Waals surface area contributed by atoms with Crippen LogP contribution in [-0.2, 0) is 6.42 Å². The van der Waals surface area contributed by atoms with Gasteiger partial charge in [-0.3, -0.25) is 4.99 Å². The lowest BCUT2D eigenvalue weighted by molar-refractivity contribution is 0.415. The molecule has 0 spiro atoms. The number of rotatable bonds is 5. The molecule has 1 heterocycles. The Morgan fingerprint density at radius 2 is 2.11 bits per heavy atom. The van der Waals surface area contributed by atoms with Crippen molar-refractivity contribution < 1.29 is 4.74 Å². The minimum absolute atomic E-state index is 0.432. The van der Waals surface area contributed by atoms with Gasteiger partial charge >= 0.3 is 0 Å². The van der Waals surface area contributed by atoms with Gasteiger partial charge in [0.2, 0.25) is 0 Å². The van der Waals surface area contributed by atoms with Crippen molar-refractivity contribution in [3.63, 3.8) is 0 Å². The van der Waals surface area contributed by atoms with Crippen molar-refractivity contribution in [2.45, 2.75) is 6.42 Å². The Hall–Kier alpha value is -2.01. The zero-order valence-corrected chi connectivity index (χ0v) is 11.6. The summed E-state index contributed by atoms with van der Waals surface area (Å²) < 4.78 is 5.09. The second kappa shape index (κ2) is 6.80. The van der Waals surface area contributed by atoms with Gasteiger partial charge in [0, 0.05) is 23.5 Å². The molecule has 2 rings (SSSR count). The minimum Gasteiger partial charge on any atom is -0.497 e. The fourth-order valence-corrected chi connectivity index (χ4v) is 2.30. The first kappa shape index (κ1) is 13.4. The summed E-state index contributed by atoms with van der Waals surface area (Å²) >= 11 is 1.74. The molecule has 0 radical (unpaired) electrons. The van der Waals surface area contributed by atoms with Gasteiger partial charge in [-0.2, -0.15) is 0 Å². The van der Waals surface area contributed by atoms with Gasteiger partial charge in [0.15, 0.2) is 5.96 Å². The van der Waals surface area contributed by atoms with Crippen molar-refractivity contribution in [2.24, 2.45) is 10.7 Å². The van der Waals surface area contributed by atoms with Crippen LogP contribution in [0.5, 0.6) is 5.75 Å². The number of nitrogens with one attached hydrogen (secondary N) is 1. The minimum atomic E-state index is 0.432. The highest BCUT2D eigenvalue weighted by Crippen LogP contribution is 2.14. The molecule has 100 valence electrons. The van der Waals surface area contributed by atoms with Crippen LogP contribution in [0.25, 0.3) is 0 Å².